The summed E-state index contributed by atoms with van der Waals surface area (Å²) in [7, 11) is -3.45. The van der Waals surface area contributed by atoms with Gasteiger partial charge in [-0.3, -0.25) is 0 Å². The maximum Gasteiger partial charge on any atom is 0.241 e. The van der Waals surface area contributed by atoms with E-state index in [2.05, 4.69) is 4.72 Å². The molecule has 1 heterocycles. The zero-order chi connectivity index (χ0) is 13.3. The fourth-order valence-corrected chi connectivity index (χ4v) is 5.06. The summed E-state index contributed by atoms with van der Waals surface area (Å²) in [5.41, 5.74) is 0. The molecule has 6 heteroatoms. The fraction of sp³-hybridized carbons (Fsp3) is 0.667. The van der Waals surface area contributed by atoms with E-state index in [4.69, 9.17) is 5.11 Å². The number of rotatable bonds is 6. The molecule has 0 amide bonds. The van der Waals surface area contributed by atoms with Gasteiger partial charge in [0.05, 0.1) is 4.90 Å². The number of aliphatic hydroxyl groups excluding tert-OH is 1. The number of hydrogen-bond acceptors (Lipinski definition) is 4. The van der Waals surface area contributed by atoms with Crippen molar-refractivity contribution in [3.05, 3.63) is 15.8 Å². The minimum atomic E-state index is -3.45. The maximum atomic E-state index is 12.3. The van der Waals surface area contributed by atoms with Gasteiger partial charge in [-0.05, 0) is 45.1 Å². The van der Waals surface area contributed by atoms with Gasteiger partial charge in [0.2, 0.25) is 10.0 Å². The molecule has 0 radical (unpaired) electrons. The van der Waals surface area contributed by atoms with E-state index in [-0.39, 0.29) is 12.6 Å². The standard InChI is InChI=1S/C12H19NO3S2/c1-8-7-12(9(2)17-8)18(15,16)13-11(5-6-14)10-3-4-10/h7,10-11,13-14H,3-6H2,1-2H3. The number of aliphatic hydroxyl groups is 1. The van der Waals surface area contributed by atoms with Crippen LogP contribution in [0.15, 0.2) is 11.0 Å². The Labute approximate surface area is 112 Å². The topological polar surface area (TPSA) is 66.4 Å². The third-order valence-corrected chi connectivity index (χ3v) is 5.93. The van der Waals surface area contributed by atoms with Gasteiger partial charge in [-0.25, -0.2) is 13.1 Å². The molecule has 0 aromatic carbocycles. The van der Waals surface area contributed by atoms with Crippen LogP contribution in [0.5, 0.6) is 0 Å². The monoisotopic (exact) mass is 289 g/mol. The Balaban J connectivity index is 2.17. The van der Waals surface area contributed by atoms with Crippen LogP contribution in [0.2, 0.25) is 0 Å². The van der Waals surface area contributed by atoms with Gasteiger partial charge in [0, 0.05) is 22.4 Å². The lowest BCUT2D eigenvalue weighted by Gasteiger charge is -2.17. The molecule has 2 rings (SSSR count). The Morgan fingerprint density at radius 2 is 2.17 bits per heavy atom. The first-order valence-electron chi connectivity index (χ1n) is 6.14. The second-order valence-electron chi connectivity index (χ2n) is 4.85. The molecule has 1 unspecified atom stereocenters. The summed E-state index contributed by atoms with van der Waals surface area (Å²) in [6, 6.07) is 1.59. The number of aryl methyl sites for hydroxylation is 2. The number of nitrogens with one attached hydrogen (secondary N) is 1. The van der Waals surface area contributed by atoms with Crippen LogP contribution >= 0.6 is 11.3 Å². The average Bonchev–Trinajstić information content (AvgIpc) is 3.03. The molecule has 1 fully saturated rings. The Hall–Kier alpha value is -0.430. The second-order valence-corrected chi connectivity index (χ2v) is 8.00. The molecule has 1 aromatic heterocycles. The predicted molar refractivity (Wildman–Crippen MR) is 72.3 cm³/mol. The molecular weight excluding hydrogens is 270 g/mol. The maximum absolute atomic E-state index is 12.3. The predicted octanol–water partition coefficient (Wildman–Crippen LogP) is 1.80. The molecular formula is C12H19NO3S2. The number of thiophene rings is 1. The molecule has 1 aliphatic carbocycles. The van der Waals surface area contributed by atoms with Crippen LogP contribution in [0.25, 0.3) is 0 Å². The first-order chi connectivity index (χ1) is 8.44. The van der Waals surface area contributed by atoms with Crippen molar-refractivity contribution in [3.63, 3.8) is 0 Å². The Morgan fingerprint density at radius 1 is 1.50 bits per heavy atom. The van der Waals surface area contributed by atoms with E-state index in [9.17, 15) is 8.42 Å². The van der Waals surface area contributed by atoms with E-state index >= 15 is 0 Å². The van der Waals surface area contributed by atoms with Crippen LogP contribution in [0.4, 0.5) is 0 Å². The first-order valence-corrected chi connectivity index (χ1v) is 8.44. The summed E-state index contributed by atoms with van der Waals surface area (Å²) in [5.74, 6) is 0.395. The quantitative estimate of drug-likeness (QED) is 0.839. The fourth-order valence-electron chi connectivity index (χ4n) is 2.17. The smallest absolute Gasteiger partial charge is 0.241 e. The zero-order valence-electron chi connectivity index (χ0n) is 10.6. The summed E-state index contributed by atoms with van der Waals surface area (Å²) >= 11 is 1.49. The highest BCUT2D eigenvalue weighted by Crippen LogP contribution is 2.35. The van der Waals surface area contributed by atoms with Crippen LogP contribution < -0.4 is 4.72 Å². The van der Waals surface area contributed by atoms with Gasteiger partial charge >= 0.3 is 0 Å². The number of sulfonamides is 1. The van der Waals surface area contributed by atoms with E-state index in [0.29, 0.717) is 17.2 Å². The first kappa shape index (κ1) is 14.0. The lowest BCUT2D eigenvalue weighted by atomic mass is 10.1. The number of hydrogen-bond donors (Lipinski definition) is 2. The molecule has 1 saturated carbocycles. The van der Waals surface area contributed by atoms with Gasteiger partial charge in [-0.15, -0.1) is 11.3 Å². The van der Waals surface area contributed by atoms with Crippen molar-refractivity contribution in [2.45, 2.75) is 44.0 Å². The molecule has 1 atom stereocenters. The summed E-state index contributed by atoms with van der Waals surface area (Å²) in [6.45, 7) is 3.75. The van der Waals surface area contributed by atoms with Crippen molar-refractivity contribution in [2.75, 3.05) is 6.61 Å². The van der Waals surface area contributed by atoms with Crippen molar-refractivity contribution in [3.8, 4) is 0 Å². The van der Waals surface area contributed by atoms with Gasteiger partial charge in [-0.2, -0.15) is 0 Å². The summed E-state index contributed by atoms with van der Waals surface area (Å²) < 4.78 is 27.3. The highest BCUT2D eigenvalue weighted by molar-refractivity contribution is 7.89. The van der Waals surface area contributed by atoms with Crippen LogP contribution in [0, 0.1) is 19.8 Å². The minimum absolute atomic E-state index is 0.0192. The summed E-state index contributed by atoms with van der Waals surface area (Å²) in [4.78, 5) is 2.20. The Morgan fingerprint density at radius 3 is 2.61 bits per heavy atom. The van der Waals surface area contributed by atoms with Crippen molar-refractivity contribution < 1.29 is 13.5 Å². The van der Waals surface area contributed by atoms with E-state index in [0.717, 1.165) is 22.6 Å². The van der Waals surface area contributed by atoms with Crippen molar-refractivity contribution >= 4 is 21.4 Å². The van der Waals surface area contributed by atoms with E-state index in [1.807, 2.05) is 13.8 Å². The van der Waals surface area contributed by atoms with E-state index in [1.165, 1.54) is 11.3 Å². The Bertz CT molecular complexity index is 517. The van der Waals surface area contributed by atoms with Crippen LogP contribution in [0.3, 0.4) is 0 Å². The van der Waals surface area contributed by atoms with Gasteiger partial charge in [0.15, 0.2) is 0 Å². The summed E-state index contributed by atoms with van der Waals surface area (Å²) in [5, 5.41) is 9.01. The van der Waals surface area contributed by atoms with Gasteiger partial charge in [-0.1, -0.05) is 0 Å². The normalized spacial score (nSPS) is 17.9. The molecule has 18 heavy (non-hydrogen) atoms. The van der Waals surface area contributed by atoms with E-state index in [1.54, 1.807) is 6.07 Å². The summed E-state index contributed by atoms with van der Waals surface area (Å²) in [6.07, 6.45) is 2.59. The molecule has 0 spiro atoms. The zero-order valence-corrected chi connectivity index (χ0v) is 12.3. The molecule has 1 aromatic rings. The molecule has 1 aliphatic rings. The molecule has 4 nitrogen and oxygen atoms in total. The van der Waals surface area contributed by atoms with E-state index < -0.39 is 10.0 Å². The van der Waals surface area contributed by atoms with Gasteiger partial charge < -0.3 is 5.11 Å². The minimum Gasteiger partial charge on any atom is -0.396 e. The average molecular weight is 289 g/mol. The lowest BCUT2D eigenvalue weighted by Crippen LogP contribution is -2.37. The molecule has 0 saturated heterocycles. The molecule has 102 valence electrons. The highest BCUT2D eigenvalue weighted by Gasteiger charge is 2.34. The lowest BCUT2D eigenvalue weighted by molar-refractivity contribution is 0.265. The van der Waals surface area contributed by atoms with Crippen molar-refractivity contribution in [1.29, 1.82) is 0 Å². The third-order valence-electron chi connectivity index (χ3n) is 3.22. The van der Waals surface area contributed by atoms with Crippen LogP contribution in [-0.2, 0) is 10.0 Å². The molecule has 2 N–H and O–H groups in total. The van der Waals surface area contributed by atoms with Crippen LogP contribution in [0.1, 0.15) is 29.0 Å². The van der Waals surface area contributed by atoms with Crippen molar-refractivity contribution in [1.82, 2.24) is 4.72 Å². The van der Waals surface area contributed by atoms with Gasteiger partial charge in [0.1, 0.15) is 0 Å². The SMILES string of the molecule is Cc1cc(S(=O)(=O)NC(CCO)C2CC2)c(C)s1. The highest BCUT2D eigenvalue weighted by atomic mass is 32.2. The van der Waals surface area contributed by atoms with Crippen LogP contribution in [-0.4, -0.2) is 26.2 Å². The third kappa shape index (κ3) is 3.12. The molecule has 0 bridgehead atoms. The molecule has 0 aliphatic heterocycles. The van der Waals surface area contributed by atoms with Gasteiger partial charge in [0.25, 0.3) is 0 Å². The Kier molecular flexibility index (Phi) is 4.11. The van der Waals surface area contributed by atoms with Crippen molar-refractivity contribution in [2.24, 2.45) is 5.92 Å². The largest absolute Gasteiger partial charge is 0.396 e. The second kappa shape index (κ2) is 5.28.